The van der Waals surface area contributed by atoms with Crippen molar-refractivity contribution in [2.24, 2.45) is 0 Å². The maximum atomic E-state index is 12.1. The highest BCUT2D eigenvalue weighted by molar-refractivity contribution is 9.10. The van der Waals surface area contributed by atoms with Crippen LogP contribution in [-0.4, -0.2) is 5.91 Å². The molecule has 0 unspecified atom stereocenters. The molecule has 6 heteroatoms. The first-order valence-corrected chi connectivity index (χ1v) is 7.29. The number of carbonyl (C=O) groups excluding carboxylic acids is 1. The Kier molecular flexibility index (Phi) is 4.91. The molecule has 1 amide bonds. The second-order valence-corrected chi connectivity index (χ2v) is 5.92. The molecule has 20 heavy (non-hydrogen) atoms. The highest BCUT2D eigenvalue weighted by Gasteiger charge is 2.15. The van der Waals surface area contributed by atoms with Crippen molar-refractivity contribution in [1.29, 1.82) is 0 Å². The number of halogens is 3. The maximum Gasteiger partial charge on any atom is 0.255 e. The molecule has 3 N–H and O–H groups in total. The Bertz CT molecular complexity index is 638. The van der Waals surface area contributed by atoms with E-state index in [1.54, 1.807) is 0 Å². The molecule has 0 saturated carbocycles. The van der Waals surface area contributed by atoms with Crippen molar-refractivity contribution < 1.29 is 4.79 Å². The van der Waals surface area contributed by atoms with Crippen LogP contribution in [0.5, 0.6) is 0 Å². The van der Waals surface area contributed by atoms with E-state index in [0.29, 0.717) is 11.6 Å². The third kappa shape index (κ3) is 3.66. The summed E-state index contributed by atoms with van der Waals surface area (Å²) in [6, 6.07) is 10.6. The van der Waals surface area contributed by atoms with Gasteiger partial charge in [0.1, 0.15) is 0 Å². The van der Waals surface area contributed by atoms with Crippen LogP contribution < -0.4 is 11.1 Å². The van der Waals surface area contributed by atoms with E-state index in [1.807, 2.05) is 24.3 Å². The number of nitrogens with two attached hydrogens (primary N) is 1. The van der Waals surface area contributed by atoms with Gasteiger partial charge < -0.3 is 11.1 Å². The molecule has 0 aliphatic carbocycles. The number of hydrogen-bond donors (Lipinski definition) is 2. The van der Waals surface area contributed by atoms with E-state index in [1.165, 1.54) is 12.1 Å². The van der Waals surface area contributed by atoms with Crippen molar-refractivity contribution in [1.82, 2.24) is 5.32 Å². The fraction of sp³-hybridized carbons (Fsp3) is 0.0714. The molecule has 0 atom stereocenters. The summed E-state index contributed by atoms with van der Waals surface area (Å²) in [5.41, 5.74) is 7.25. The molecular weight excluding hydrogens is 363 g/mol. The lowest BCUT2D eigenvalue weighted by Crippen LogP contribution is -2.24. The molecular formula is C14H11BrCl2N2O. The summed E-state index contributed by atoms with van der Waals surface area (Å²) in [7, 11) is 0. The predicted molar refractivity (Wildman–Crippen MR) is 86.2 cm³/mol. The second kappa shape index (κ2) is 6.48. The third-order valence-corrected chi connectivity index (χ3v) is 3.66. The Hall–Kier alpha value is -1.23. The van der Waals surface area contributed by atoms with Gasteiger partial charge in [0.2, 0.25) is 0 Å². The number of rotatable bonds is 3. The first-order valence-electron chi connectivity index (χ1n) is 5.74. The minimum Gasteiger partial charge on any atom is -0.398 e. The van der Waals surface area contributed by atoms with Gasteiger partial charge in [-0.3, -0.25) is 4.79 Å². The first kappa shape index (κ1) is 15.2. The van der Waals surface area contributed by atoms with Crippen molar-refractivity contribution in [2.45, 2.75) is 6.54 Å². The van der Waals surface area contributed by atoms with Crippen LogP contribution >= 0.6 is 39.1 Å². The van der Waals surface area contributed by atoms with Crippen molar-refractivity contribution in [3.63, 3.8) is 0 Å². The molecule has 0 aliphatic rings. The van der Waals surface area contributed by atoms with E-state index in [9.17, 15) is 4.79 Å². The van der Waals surface area contributed by atoms with Crippen LogP contribution in [0.25, 0.3) is 0 Å². The topological polar surface area (TPSA) is 55.1 Å². The maximum absolute atomic E-state index is 12.1. The summed E-state index contributed by atoms with van der Waals surface area (Å²) >= 11 is 15.2. The summed E-state index contributed by atoms with van der Waals surface area (Å²) < 4.78 is 0.952. The molecule has 0 radical (unpaired) electrons. The number of benzene rings is 2. The molecule has 0 fully saturated rings. The van der Waals surface area contributed by atoms with Crippen LogP contribution in [0, 0.1) is 0 Å². The summed E-state index contributed by atoms with van der Waals surface area (Å²) in [4.78, 5) is 12.1. The number of anilines is 1. The lowest BCUT2D eigenvalue weighted by molar-refractivity contribution is 0.0952. The molecule has 0 aromatic heterocycles. The third-order valence-electron chi connectivity index (χ3n) is 2.65. The van der Waals surface area contributed by atoms with Crippen LogP contribution in [0.1, 0.15) is 15.9 Å². The van der Waals surface area contributed by atoms with E-state index in [-0.39, 0.29) is 22.2 Å². The zero-order valence-corrected chi connectivity index (χ0v) is 13.4. The molecule has 3 nitrogen and oxygen atoms in total. The van der Waals surface area contributed by atoms with Crippen LogP contribution in [0.15, 0.2) is 40.9 Å². The molecule has 104 valence electrons. The fourth-order valence-corrected chi connectivity index (χ4v) is 2.79. The number of nitrogens with one attached hydrogen (secondary N) is 1. The summed E-state index contributed by atoms with van der Waals surface area (Å²) in [6.45, 7) is 0.386. The van der Waals surface area contributed by atoms with E-state index in [4.69, 9.17) is 28.9 Å². The minimum absolute atomic E-state index is 0.238. The van der Waals surface area contributed by atoms with Crippen LogP contribution in [0.3, 0.4) is 0 Å². The average molecular weight is 374 g/mol. The van der Waals surface area contributed by atoms with Gasteiger partial charge in [-0.25, -0.2) is 0 Å². The van der Waals surface area contributed by atoms with E-state index < -0.39 is 0 Å². The molecule has 2 aromatic carbocycles. The molecule has 0 aliphatic heterocycles. The van der Waals surface area contributed by atoms with Crippen LogP contribution in [0.2, 0.25) is 10.0 Å². The second-order valence-electron chi connectivity index (χ2n) is 4.16. The Labute approximate surface area is 135 Å². The zero-order chi connectivity index (χ0) is 14.7. The molecule has 0 saturated heterocycles. The Morgan fingerprint density at radius 2 is 2.00 bits per heavy atom. The number of hydrogen-bond acceptors (Lipinski definition) is 2. The van der Waals surface area contributed by atoms with Crippen molar-refractivity contribution in [3.8, 4) is 0 Å². The van der Waals surface area contributed by atoms with E-state index in [0.717, 1.165) is 10.0 Å². The predicted octanol–water partition coefficient (Wildman–Crippen LogP) is 4.27. The van der Waals surface area contributed by atoms with Crippen molar-refractivity contribution >= 4 is 50.7 Å². The van der Waals surface area contributed by atoms with Crippen LogP contribution in [0.4, 0.5) is 5.69 Å². The van der Waals surface area contributed by atoms with Crippen LogP contribution in [-0.2, 0) is 6.54 Å². The van der Waals surface area contributed by atoms with Gasteiger partial charge in [-0.05, 0) is 29.8 Å². The highest BCUT2D eigenvalue weighted by Crippen LogP contribution is 2.27. The zero-order valence-electron chi connectivity index (χ0n) is 10.3. The van der Waals surface area contributed by atoms with Gasteiger partial charge in [-0.2, -0.15) is 0 Å². The Morgan fingerprint density at radius 3 is 2.65 bits per heavy atom. The van der Waals surface area contributed by atoms with Gasteiger partial charge in [0.25, 0.3) is 5.91 Å². The quantitative estimate of drug-likeness (QED) is 0.789. The van der Waals surface area contributed by atoms with Gasteiger partial charge >= 0.3 is 0 Å². The Morgan fingerprint density at radius 1 is 1.25 bits per heavy atom. The fourth-order valence-electron chi connectivity index (χ4n) is 1.75. The standard InChI is InChI=1S/C14H11BrCl2N2O/c15-9-3-1-2-8(4-9)7-19-14(20)13-11(17)5-10(16)6-12(13)18/h1-6H,7,18H2,(H,19,20). The van der Waals surface area contributed by atoms with Gasteiger partial charge in [0.05, 0.1) is 10.6 Å². The highest BCUT2D eigenvalue weighted by atomic mass is 79.9. The van der Waals surface area contributed by atoms with Gasteiger partial charge in [-0.1, -0.05) is 51.3 Å². The van der Waals surface area contributed by atoms with E-state index in [2.05, 4.69) is 21.2 Å². The monoisotopic (exact) mass is 372 g/mol. The smallest absolute Gasteiger partial charge is 0.255 e. The molecule has 2 aromatic rings. The normalized spacial score (nSPS) is 10.3. The molecule has 0 spiro atoms. The molecule has 2 rings (SSSR count). The number of carbonyl (C=O) groups is 1. The van der Waals surface area contributed by atoms with Gasteiger partial charge in [0.15, 0.2) is 0 Å². The first-order chi connectivity index (χ1) is 9.47. The summed E-state index contributed by atoms with van der Waals surface area (Å²) in [5, 5.41) is 3.41. The molecule has 0 bridgehead atoms. The van der Waals surface area contributed by atoms with Crippen molar-refractivity contribution in [2.75, 3.05) is 5.73 Å². The lowest BCUT2D eigenvalue weighted by Gasteiger charge is -2.10. The van der Waals surface area contributed by atoms with Gasteiger partial charge in [-0.15, -0.1) is 0 Å². The average Bonchev–Trinajstić information content (AvgIpc) is 2.35. The minimum atomic E-state index is -0.329. The summed E-state index contributed by atoms with van der Waals surface area (Å²) in [5.74, 6) is -0.329. The van der Waals surface area contributed by atoms with E-state index >= 15 is 0 Å². The molecule has 0 heterocycles. The lowest BCUT2D eigenvalue weighted by atomic mass is 10.1. The van der Waals surface area contributed by atoms with Crippen molar-refractivity contribution in [3.05, 3.63) is 62.0 Å². The number of nitrogen functional groups attached to an aromatic ring is 1. The van der Waals surface area contributed by atoms with Gasteiger partial charge in [0, 0.05) is 21.7 Å². The SMILES string of the molecule is Nc1cc(Cl)cc(Cl)c1C(=O)NCc1cccc(Br)c1. The summed E-state index contributed by atoms with van der Waals surface area (Å²) in [6.07, 6.45) is 0. The Balaban J connectivity index is 2.13. The number of amides is 1. The largest absolute Gasteiger partial charge is 0.398 e.